The first-order chi connectivity index (χ1) is 8.65. The Morgan fingerprint density at radius 2 is 2.33 bits per heavy atom. The number of carbonyl (C=O) groups excluding carboxylic acids is 1. The molecule has 1 aliphatic rings. The molecule has 1 aromatic carbocycles. The summed E-state index contributed by atoms with van der Waals surface area (Å²) in [5.41, 5.74) is 0.568. The molecule has 3 nitrogen and oxygen atoms in total. The number of ether oxygens (including phenoxy) is 1. The Kier molecular flexibility index (Phi) is 3.88. The van der Waals surface area contributed by atoms with Crippen molar-refractivity contribution in [3.8, 4) is 11.8 Å². The van der Waals surface area contributed by atoms with Crippen molar-refractivity contribution in [2.75, 3.05) is 7.11 Å². The normalized spacial score (nSPS) is 15.8. The monoisotopic (exact) mass is 263 g/mol. The number of benzene rings is 1. The molecule has 0 radical (unpaired) electrons. The fraction of sp³-hybridized carbons (Fsp3) is 0.429. The Hall–Kier alpha value is -1.53. The van der Waals surface area contributed by atoms with Crippen molar-refractivity contribution < 1.29 is 9.53 Å². The molecule has 1 saturated carbocycles. The third-order valence-corrected chi connectivity index (χ3v) is 3.38. The van der Waals surface area contributed by atoms with Crippen LogP contribution in [0.3, 0.4) is 0 Å². The molecule has 4 heteroatoms. The van der Waals surface area contributed by atoms with Crippen molar-refractivity contribution in [2.24, 2.45) is 5.92 Å². The van der Waals surface area contributed by atoms with Crippen LogP contribution in [0.25, 0.3) is 0 Å². The Labute approximate surface area is 111 Å². The minimum Gasteiger partial charge on any atom is -0.496 e. The van der Waals surface area contributed by atoms with Gasteiger partial charge in [0.05, 0.1) is 13.2 Å². The van der Waals surface area contributed by atoms with Gasteiger partial charge < -0.3 is 4.74 Å². The van der Waals surface area contributed by atoms with Crippen LogP contribution in [0.15, 0.2) is 18.2 Å². The van der Waals surface area contributed by atoms with Gasteiger partial charge in [-0.05, 0) is 37.0 Å². The van der Waals surface area contributed by atoms with E-state index in [2.05, 4.69) is 6.07 Å². The molecule has 0 saturated heterocycles. The van der Waals surface area contributed by atoms with Crippen LogP contribution < -0.4 is 4.74 Å². The molecule has 0 N–H and O–H groups in total. The summed E-state index contributed by atoms with van der Waals surface area (Å²) in [6, 6.07) is 7.07. The van der Waals surface area contributed by atoms with Gasteiger partial charge in [-0.3, -0.25) is 4.79 Å². The van der Waals surface area contributed by atoms with Gasteiger partial charge in [0.2, 0.25) is 0 Å². The summed E-state index contributed by atoms with van der Waals surface area (Å²) in [6.07, 6.45) is 2.67. The van der Waals surface area contributed by atoms with Crippen molar-refractivity contribution >= 4 is 17.4 Å². The topological polar surface area (TPSA) is 50.1 Å². The maximum Gasteiger partial charge on any atom is 0.154 e. The van der Waals surface area contributed by atoms with E-state index < -0.39 is 5.92 Å². The van der Waals surface area contributed by atoms with Crippen LogP contribution in [0.5, 0.6) is 5.75 Å². The van der Waals surface area contributed by atoms with Crippen LogP contribution >= 0.6 is 11.6 Å². The van der Waals surface area contributed by atoms with Gasteiger partial charge in [0.15, 0.2) is 5.78 Å². The van der Waals surface area contributed by atoms with Gasteiger partial charge in [-0.25, -0.2) is 0 Å². The molecule has 1 atom stereocenters. The van der Waals surface area contributed by atoms with Gasteiger partial charge >= 0.3 is 0 Å². The average molecular weight is 264 g/mol. The second kappa shape index (κ2) is 5.41. The second-order valence-electron chi connectivity index (χ2n) is 4.56. The zero-order valence-corrected chi connectivity index (χ0v) is 10.9. The summed E-state index contributed by atoms with van der Waals surface area (Å²) in [7, 11) is 1.52. The number of nitrogens with zero attached hydrogens (tertiary/aromatic N) is 1. The van der Waals surface area contributed by atoms with E-state index in [1.807, 2.05) is 0 Å². The first kappa shape index (κ1) is 12.9. The van der Waals surface area contributed by atoms with E-state index in [0.717, 1.165) is 12.8 Å². The molecule has 0 amide bonds. The lowest BCUT2D eigenvalue weighted by atomic mass is 9.92. The SMILES string of the molecule is COc1ccc(Cl)cc1C(C#N)C(=O)CC1CC1. The molecule has 18 heavy (non-hydrogen) atoms. The highest BCUT2D eigenvalue weighted by Crippen LogP contribution is 2.36. The maximum absolute atomic E-state index is 12.1. The molecule has 0 spiro atoms. The van der Waals surface area contributed by atoms with E-state index in [9.17, 15) is 10.1 Å². The molecule has 0 bridgehead atoms. The highest BCUT2D eigenvalue weighted by atomic mass is 35.5. The summed E-state index contributed by atoms with van der Waals surface area (Å²) in [5, 5.41) is 9.73. The first-order valence-corrected chi connectivity index (χ1v) is 6.29. The molecule has 0 heterocycles. The minimum atomic E-state index is -0.778. The summed E-state index contributed by atoms with van der Waals surface area (Å²) in [4.78, 5) is 12.1. The minimum absolute atomic E-state index is 0.0411. The number of hydrogen-bond acceptors (Lipinski definition) is 3. The number of carbonyl (C=O) groups is 1. The number of halogens is 1. The van der Waals surface area contributed by atoms with Gasteiger partial charge in [-0.15, -0.1) is 0 Å². The van der Waals surface area contributed by atoms with Crippen LogP contribution in [-0.4, -0.2) is 12.9 Å². The predicted molar refractivity (Wildman–Crippen MR) is 68.7 cm³/mol. The quantitative estimate of drug-likeness (QED) is 0.819. The van der Waals surface area contributed by atoms with E-state index >= 15 is 0 Å². The van der Waals surface area contributed by atoms with E-state index in [4.69, 9.17) is 16.3 Å². The van der Waals surface area contributed by atoms with Gasteiger partial charge in [0, 0.05) is 17.0 Å². The summed E-state index contributed by atoms with van der Waals surface area (Å²) in [6.45, 7) is 0. The Balaban J connectivity index is 2.28. The molecule has 1 unspecified atom stereocenters. The zero-order valence-electron chi connectivity index (χ0n) is 10.1. The number of rotatable bonds is 5. The van der Waals surface area contributed by atoms with E-state index in [-0.39, 0.29) is 5.78 Å². The molecule has 1 aliphatic carbocycles. The Bertz CT molecular complexity index is 503. The summed E-state index contributed by atoms with van der Waals surface area (Å²) >= 11 is 5.92. The number of methoxy groups -OCH3 is 1. The molecule has 1 fully saturated rings. The highest BCUT2D eigenvalue weighted by Gasteiger charge is 2.30. The first-order valence-electron chi connectivity index (χ1n) is 5.91. The van der Waals surface area contributed by atoms with Crippen LogP contribution in [0.4, 0.5) is 0 Å². The van der Waals surface area contributed by atoms with E-state index in [1.165, 1.54) is 7.11 Å². The largest absolute Gasteiger partial charge is 0.496 e. The zero-order chi connectivity index (χ0) is 13.1. The summed E-state index contributed by atoms with van der Waals surface area (Å²) < 4.78 is 5.19. The van der Waals surface area contributed by atoms with Crippen LogP contribution in [0, 0.1) is 17.2 Å². The smallest absolute Gasteiger partial charge is 0.154 e. The lowest BCUT2D eigenvalue weighted by molar-refractivity contribution is -0.119. The van der Waals surface area contributed by atoms with Crippen molar-refractivity contribution in [3.63, 3.8) is 0 Å². The molecular formula is C14H14ClNO2. The van der Waals surface area contributed by atoms with Crippen LogP contribution in [0.1, 0.15) is 30.7 Å². The Morgan fingerprint density at radius 1 is 1.61 bits per heavy atom. The standard InChI is InChI=1S/C14H14ClNO2/c1-18-14-5-4-10(15)7-11(14)12(8-16)13(17)6-9-2-3-9/h4-5,7,9,12H,2-3,6H2,1H3. The van der Waals surface area contributed by atoms with Crippen LogP contribution in [-0.2, 0) is 4.79 Å². The van der Waals surface area contributed by atoms with Crippen molar-refractivity contribution in [1.29, 1.82) is 5.26 Å². The molecule has 2 rings (SSSR count). The van der Waals surface area contributed by atoms with E-state index in [1.54, 1.807) is 18.2 Å². The second-order valence-corrected chi connectivity index (χ2v) is 5.00. The van der Waals surface area contributed by atoms with Crippen molar-refractivity contribution in [2.45, 2.75) is 25.2 Å². The number of Topliss-reactive ketones (excluding diaryl/α,β-unsaturated/α-hetero) is 1. The molecular weight excluding hydrogens is 250 g/mol. The predicted octanol–water partition coefficient (Wildman–Crippen LogP) is 3.32. The average Bonchev–Trinajstić information content (AvgIpc) is 3.14. The van der Waals surface area contributed by atoms with Gasteiger partial charge in [0.25, 0.3) is 0 Å². The molecule has 1 aromatic rings. The van der Waals surface area contributed by atoms with Crippen molar-refractivity contribution in [3.05, 3.63) is 28.8 Å². The third kappa shape index (κ3) is 2.83. The molecule has 0 aromatic heterocycles. The van der Waals surface area contributed by atoms with E-state index in [0.29, 0.717) is 28.7 Å². The molecule has 0 aliphatic heterocycles. The maximum atomic E-state index is 12.1. The van der Waals surface area contributed by atoms with Gasteiger partial charge in [-0.1, -0.05) is 11.6 Å². The fourth-order valence-electron chi connectivity index (χ4n) is 1.97. The highest BCUT2D eigenvalue weighted by molar-refractivity contribution is 6.30. The van der Waals surface area contributed by atoms with Gasteiger partial charge in [-0.2, -0.15) is 5.26 Å². The lowest BCUT2D eigenvalue weighted by Gasteiger charge is -2.13. The summed E-state index contributed by atoms with van der Waals surface area (Å²) in [5.74, 6) is 0.188. The number of ketones is 1. The van der Waals surface area contributed by atoms with Crippen LogP contribution in [0.2, 0.25) is 5.02 Å². The molecule has 94 valence electrons. The lowest BCUT2D eigenvalue weighted by Crippen LogP contribution is -2.12. The number of hydrogen-bond donors (Lipinski definition) is 0. The Morgan fingerprint density at radius 3 is 2.89 bits per heavy atom. The van der Waals surface area contributed by atoms with Crippen molar-refractivity contribution in [1.82, 2.24) is 0 Å². The number of nitriles is 1. The van der Waals surface area contributed by atoms with Gasteiger partial charge in [0.1, 0.15) is 11.7 Å². The fourth-order valence-corrected chi connectivity index (χ4v) is 2.15. The third-order valence-electron chi connectivity index (χ3n) is 3.14.